The molecule has 0 bridgehead atoms. The normalized spacial score (nSPS) is 12.0. The predicted molar refractivity (Wildman–Crippen MR) is 164 cm³/mol. The van der Waals surface area contributed by atoms with Gasteiger partial charge in [0.05, 0.1) is 17.9 Å². The molecule has 0 saturated carbocycles. The van der Waals surface area contributed by atoms with Crippen molar-refractivity contribution in [3.63, 3.8) is 0 Å². The molecule has 0 aliphatic heterocycles. The Morgan fingerprint density at radius 3 is 2.02 bits per heavy atom. The molecule has 3 rings (SSSR count). The van der Waals surface area contributed by atoms with Crippen molar-refractivity contribution in [2.45, 2.75) is 54.0 Å². The molecule has 0 aliphatic rings. The average molecular weight is 565 g/mol. The van der Waals surface area contributed by atoms with E-state index in [1.54, 1.807) is 49.4 Å². The Labute approximate surface area is 243 Å². The lowest BCUT2D eigenvalue weighted by Gasteiger charge is -2.28. The van der Waals surface area contributed by atoms with Crippen LogP contribution in [-0.4, -0.2) is 35.9 Å². The molecular formula is C34H42F2N2O3. The second-order valence-electron chi connectivity index (χ2n) is 8.71. The average Bonchev–Trinajstić information content (AvgIpc) is 3.02. The fourth-order valence-corrected chi connectivity index (χ4v) is 4.12. The van der Waals surface area contributed by atoms with Crippen molar-refractivity contribution in [1.82, 2.24) is 10.2 Å². The van der Waals surface area contributed by atoms with Gasteiger partial charge in [-0.25, -0.2) is 8.78 Å². The van der Waals surface area contributed by atoms with Gasteiger partial charge >= 0.3 is 0 Å². The summed E-state index contributed by atoms with van der Waals surface area (Å²) in [5.74, 6) is -1.19. The summed E-state index contributed by atoms with van der Waals surface area (Å²) in [4.78, 5) is 26.7. The van der Waals surface area contributed by atoms with E-state index in [2.05, 4.69) is 5.32 Å². The molecule has 5 nitrogen and oxygen atoms in total. The number of aldehydes is 1. The SMILES string of the molecule is C/C=C(/c1ccccc1F)N(CC=O)C(=O)/C(NC(C)c1ccc(-c2ccccc2F)cc1)=C(\C)CC.CC.CO. The summed E-state index contributed by atoms with van der Waals surface area (Å²) in [5, 5.41) is 10.3. The Hall–Kier alpha value is -4.10. The lowest BCUT2D eigenvalue weighted by Crippen LogP contribution is -2.38. The molecule has 0 fully saturated rings. The van der Waals surface area contributed by atoms with Crippen molar-refractivity contribution in [1.29, 1.82) is 0 Å². The van der Waals surface area contributed by atoms with E-state index in [1.165, 1.54) is 17.0 Å². The van der Waals surface area contributed by atoms with Gasteiger partial charge in [-0.3, -0.25) is 9.69 Å². The molecule has 0 radical (unpaired) electrons. The van der Waals surface area contributed by atoms with E-state index in [0.29, 0.717) is 29.7 Å². The van der Waals surface area contributed by atoms with E-state index < -0.39 is 11.7 Å². The number of aliphatic hydroxyl groups is 1. The first-order chi connectivity index (χ1) is 19.8. The van der Waals surface area contributed by atoms with Crippen molar-refractivity contribution in [2.24, 2.45) is 0 Å². The van der Waals surface area contributed by atoms with Crippen LogP contribution in [0.25, 0.3) is 16.8 Å². The third kappa shape index (κ3) is 9.22. The van der Waals surface area contributed by atoms with Gasteiger partial charge in [-0.05, 0) is 62.1 Å². The molecular weight excluding hydrogens is 522 g/mol. The zero-order valence-electron chi connectivity index (χ0n) is 25.0. The van der Waals surface area contributed by atoms with Gasteiger partial charge in [0.25, 0.3) is 5.91 Å². The van der Waals surface area contributed by atoms with E-state index in [0.717, 1.165) is 23.8 Å². The minimum absolute atomic E-state index is 0.221. The topological polar surface area (TPSA) is 69.6 Å². The number of rotatable bonds is 10. The van der Waals surface area contributed by atoms with Crippen molar-refractivity contribution < 1.29 is 23.5 Å². The fourth-order valence-electron chi connectivity index (χ4n) is 4.12. The molecule has 41 heavy (non-hydrogen) atoms. The molecule has 220 valence electrons. The Balaban J connectivity index is 0.00000201. The van der Waals surface area contributed by atoms with E-state index >= 15 is 0 Å². The first-order valence-corrected chi connectivity index (χ1v) is 13.7. The summed E-state index contributed by atoms with van der Waals surface area (Å²) in [6, 6.07) is 20.0. The highest BCUT2D eigenvalue weighted by Gasteiger charge is 2.26. The number of carbonyl (C=O) groups is 2. The van der Waals surface area contributed by atoms with Crippen LogP contribution in [0.2, 0.25) is 0 Å². The maximum atomic E-state index is 14.6. The highest BCUT2D eigenvalue weighted by molar-refractivity contribution is 6.00. The number of allylic oxidation sites excluding steroid dienone is 2. The minimum Gasteiger partial charge on any atom is -0.400 e. The lowest BCUT2D eigenvalue weighted by molar-refractivity contribution is -0.126. The Bertz CT molecular complexity index is 1320. The molecule has 7 heteroatoms. The number of hydrogen-bond acceptors (Lipinski definition) is 4. The van der Waals surface area contributed by atoms with Crippen molar-refractivity contribution in [3.8, 4) is 11.1 Å². The van der Waals surface area contributed by atoms with Crippen LogP contribution in [0.3, 0.4) is 0 Å². The van der Waals surface area contributed by atoms with Gasteiger partial charge in [0.15, 0.2) is 0 Å². The van der Waals surface area contributed by atoms with Crippen LogP contribution in [0.4, 0.5) is 8.78 Å². The first-order valence-electron chi connectivity index (χ1n) is 13.7. The minimum atomic E-state index is -0.478. The molecule has 3 aromatic rings. The molecule has 0 aromatic heterocycles. The summed E-state index contributed by atoms with van der Waals surface area (Å²) in [6.07, 6.45) is 2.86. The molecule has 1 amide bonds. The van der Waals surface area contributed by atoms with Crippen LogP contribution in [0.15, 0.2) is 90.1 Å². The summed E-state index contributed by atoms with van der Waals surface area (Å²) >= 11 is 0. The Morgan fingerprint density at radius 2 is 1.51 bits per heavy atom. The zero-order valence-corrected chi connectivity index (χ0v) is 25.0. The summed E-state index contributed by atoms with van der Waals surface area (Å²) in [5.41, 5.74) is 3.89. The van der Waals surface area contributed by atoms with Crippen LogP contribution in [0, 0.1) is 11.6 Å². The zero-order chi connectivity index (χ0) is 30.9. The van der Waals surface area contributed by atoms with Crippen LogP contribution in [-0.2, 0) is 9.59 Å². The summed E-state index contributed by atoms with van der Waals surface area (Å²) in [7, 11) is 1.00. The number of nitrogens with zero attached hydrogens (tertiary/aromatic N) is 1. The van der Waals surface area contributed by atoms with E-state index in [-0.39, 0.29) is 24.0 Å². The van der Waals surface area contributed by atoms with E-state index in [9.17, 15) is 18.4 Å². The van der Waals surface area contributed by atoms with Crippen LogP contribution < -0.4 is 5.32 Å². The molecule has 0 heterocycles. The maximum Gasteiger partial charge on any atom is 0.274 e. The highest BCUT2D eigenvalue weighted by atomic mass is 19.1. The number of halogens is 2. The van der Waals surface area contributed by atoms with Gasteiger partial charge in [-0.1, -0.05) is 81.4 Å². The van der Waals surface area contributed by atoms with Crippen LogP contribution in [0.5, 0.6) is 0 Å². The molecule has 0 saturated heterocycles. The van der Waals surface area contributed by atoms with E-state index in [4.69, 9.17) is 5.11 Å². The predicted octanol–water partition coefficient (Wildman–Crippen LogP) is 7.69. The van der Waals surface area contributed by atoms with Gasteiger partial charge in [-0.2, -0.15) is 0 Å². The van der Waals surface area contributed by atoms with E-state index in [1.807, 2.05) is 58.9 Å². The second-order valence-corrected chi connectivity index (χ2v) is 8.71. The lowest BCUT2D eigenvalue weighted by atomic mass is 10.0. The van der Waals surface area contributed by atoms with Gasteiger partial charge in [0, 0.05) is 24.3 Å². The second kappa shape index (κ2) is 18.3. The number of benzene rings is 3. The highest BCUT2D eigenvalue weighted by Crippen LogP contribution is 2.27. The quantitative estimate of drug-likeness (QED) is 0.196. The van der Waals surface area contributed by atoms with Gasteiger partial charge in [0.2, 0.25) is 0 Å². The Kier molecular flexibility index (Phi) is 15.6. The number of amides is 1. The molecule has 1 atom stereocenters. The largest absolute Gasteiger partial charge is 0.400 e. The molecule has 0 spiro atoms. The monoisotopic (exact) mass is 564 g/mol. The van der Waals surface area contributed by atoms with Gasteiger partial charge in [0.1, 0.15) is 17.9 Å². The van der Waals surface area contributed by atoms with Crippen molar-refractivity contribution >= 4 is 17.9 Å². The van der Waals surface area contributed by atoms with Crippen LogP contribution >= 0.6 is 0 Å². The molecule has 1 unspecified atom stereocenters. The Morgan fingerprint density at radius 1 is 0.951 bits per heavy atom. The van der Waals surface area contributed by atoms with Crippen molar-refractivity contribution in [2.75, 3.05) is 13.7 Å². The third-order valence-electron chi connectivity index (χ3n) is 6.34. The molecule has 3 aromatic carbocycles. The standard InChI is InChI=1S/C31H32F2N2O2.C2H6.CH4O/c1-5-21(3)30(31(37)35(19-20-36)29(6-2)26-12-8-10-14-28(26)33)34-22(4)23-15-17-24(18-16-23)25-11-7-9-13-27(25)32;2*1-2/h6-18,20,22,34H,5,19H2,1-4H3;1-2H3;2H,1H3/b29-6-,30-21-;;. The van der Waals surface area contributed by atoms with Crippen molar-refractivity contribution in [3.05, 3.63) is 113 Å². The smallest absolute Gasteiger partial charge is 0.274 e. The molecule has 0 aliphatic carbocycles. The number of hydrogen-bond donors (Lipinski definition) is 2. The van der Waals surface area contributed by atoms with Gasteiger partial charge in [-0.15, -0.1) is 0 Å². The number of carbonyl (C=O) groups excluding carboxylic acids is 2. The van der Waals surface area contributed by atoms with Gasteiger partial charge < -0.3 is 15.2 Å². The third-order valence-corrected chi connectivity index (χ3v) is 6.34. The maximum absolute atomic E-state index is 14.6. The first kappa shape index (κ1) is 34.9. The number of nitrogens with one attached hydrogen (secondary N) is 1. The summed E-state index contributed by atoms with van der Waals surface area (Å²) < 4.78 is 28.8. The fraction of sp³-hybridized carbons (Fsp3) is 0.294. The van der Waals surface area contributed by atoms with Crippen LogP contribution in [0.1, 0.15) is 65.1 Å². The number of aliphatic hydroxyl groups excluding tert-OH is 1. The molecule has 2 N–H and O–H groups in total. The summed E-state index contributed by atoms with van der Waals surface area (Å²) in [6.45, 7) is 11.2.